The van der Waals surface area contributed by atoms with Crippen LogP contribution >= 0.6 is 0 Å². The van der Waals surface area contributed by atoms with Crippen LogP contribution in [-0.4, -0.2) is 72.7 Å². The third-order valence-electron chi connectivity index (χ3n) is 3.82. The summed E-state index contributed by atoms with van der Waals surface area (Å²) >= 11 is 0. The maximum atomic E-state index is 10.9. The number of likely N-dealkylation sites (N-methyl/N-ethyl adjacent to an activating group) is 2. The Hall–Kier alpha value is -0.650. The van der Waals surface area contributed by atoms with E-state index in [1.165, 1.54) is 0 Å². The second-order valence-electron chi connectivity index (χ2n) is 5.09. The zero-order chi connectivity index (χ0) is 13.0. The molecule has 0 saturated carbocycles. The molecule has 100 valence electrons. The first kappa shape index (κ1) is 14.4. The van der Waals surface area contributed by atoms with Crippen molar-refractivity contribution >= 4 is 5.97 Å². The van der Waals surface area contributed by atoms with Gasteiger partial charge in [-0.1, -0.05) is 0 Å². The summed E-state index contributed by atoms with van der Waals surface area (Å²) in [6.45, 7) is 7.33. The highest BCUT2D eigenvalue weighted by Crippen LogP contribution is 2.13. The average Bonchev–Trinajstić information content (AvgIpc) is 2.26. The fourth-order valence-corrected chi connectivity index (χ4v) is 2.40. The van der Waals surface area contributed by atoms with Gasteiger partial charge in [0.05, 0.1) is 0 Å². The molecule has 1 heterocycles. The normalized spacial score (nSPS) is 29.2. The fourth-order valence-electron chi connectivity index (χ4n) is 2.40. The summed E-state index contributed by atoms with van der Waals surface area (Å²) < 4.78 is 0. The molecule has 3 atom stereocenters. The van der Waals surface area contributed by atoms with Crippen LogP contribution in [-0.2, 0) is 4.79 Å². The van der Waals surface area contributed by atoms with Crippen molar-refractivity contribution in [1.82, 2.24) is 15.1 Å². The molecule has 1 aliphatic rings. The lowest BCUT2D eigenvalue weighted by atomic mass is 10.1. The van der Waals surface area contributed by atoms with Crippen molar-refractivity contribution in [3.63, 3.8) is 0 Å². The molecule has 0 aromatic heterocycles. The Kier molecular flexibility index (Phi) is 5.36. The number of carboxylic acids is 1. The van der Waals surface area contributed by atoms with Crippen LogP contribution in [0.25, 0.3) is 0 Å². The molecule has 5 nitrogen and oxygen atoms in total. The van der Waals surface area contributed by atoms with Gasteiger partial charge in [0.15, 0.2) is 0 Å². The Morgan fingerprint density at radius 3 is 2.35 bits per heavy atom. The number of carbonyl (C=O) groups is 1. The summed E-state index contributed by atoms with van der Waals surface area (Å²) in [5.74, 6) is -0.761. The second kappa shape index (κ2) is 6.33. The quantitative estimate of drug-likeness (QED) is 0.716. The molecule has 0 aromatic rings. The summed E-state index contributed by atoms with van der Waals surface area (Å²) in [5.41, 5.74) is 0. The van der Waals surface area contributed by atoms with Crippen molar-refractivity contribution in [3.8, 4) is 0 Å². The molecule has 5 heteroatoms. The summed E-state index contributed by atoms with van der Waals surface area (Å²) in [7, 11) is 3.86. The molecule has 3 unspecified atom stereocenters. The van der Waals surface area contributed by atoms with Gasteiger partial charge < -0.3 is 15.3 Å². The van der Waals surface area contributed by atoms with Crippen LogP contribution in [0.2, 0.25) is 0 Å². The van der Waals surface area contributed by atoms with Gasteiger partial charge in [0.1, 0.15) is 6.04 Å². The number of hydrogen-bond donors (Lipinski definition) is 2. The number of nitrogens with zero attached hydrogens (tertiary/aromatic N) is 2. The average molecular weight is 243 g/mol. The lowest BCUT2D eigenvalue weighted by Gasteiger charge is -2.42. The zero-order valence-electron chi connectivity index (χ0n) is 11.3. The number of rotatable bonds is 5. The predicted octanol–water partition coefficient (Wildman–Crippen LogP) is 0.0735. The predicted molar refractivity (Wildman–Crippen MR) is 68.2 cm³/mol. The highest BCUT2D eigenvalue weighted by molar-refractivity contribution is 5.73. The van der Waals surface area contributed by atoms with Crippen molar-refractivity contribution in [3.05, 3.63) is 0 Å². The Bertz CT molecular complexity index is 248. The molecular formula is C12H25N3O2. The number of nitrogens with one attached hydrogen (secondary N) is 1. The van der Waals surface area contributed by atoms with Crippen LogP contribution in [0.3, 0.4) is 0 Å². The monoisotopic (exact) mass is 243 g/mol. The van der Waals surface area contributed by atoms with Crippen LogP contribution in [0.5, 0.6) is 0 Å². The maximum absolute atomic E-state index is 10.9. The van der Waals surface area contributed by atoms with Gasteiger partial charge in [-0.15, -0.1) is 0 Å². The Morgan fingerprint density at radius 2 is 1.94 bits per heavy atom. The van der Waals surface area contributed by atoms with E-state index in [0.717, 1.165) is 19.6 Å². The van der Waals surface area contributed by atoms with Gasteiger partial charge in [-0.2, -0.15) is 0 Å². The van der Waals surface area contributed by atoms with Crippen molar-refractivity contribution in [2.75, 3.05) is 33.7 Å². The molecule has 1 rings (SSSR count). The minimum atomic E-state index is -0.761. The molecule has 2 N–H and O–H groups in total. The van der Waals surface area contributed by atoms with Crippen molar-refractivity contribution in [2.45, 2.75) is 38.4 Å². The van der Waals surface area contributed by atoms with Gasteiger partial charge in [0.25, 0.3) is 0 Å². The molecule has 1 fully saturated rings. The van der Waals surface area contributed by atoms with E-state index in [-0.39, 0.29) is 0 Å². The van der Waals surface area contributed by atoms with E-state index < -0.39 is 12.0 Å². The van der Waals surface area contributed by atoms with Crippen molar-refractivity contribution in [2.24, 2.45) is 0 Å². The molecule has 0 amide bonds. The SMILES string of the molecule is CNC(CCN1CC(C)N(C)C(C)C1)C(=O)O. The number of carboxylic acid groups (broad SMARTS) is 1. The summed E-state index contributed by atoms with van der Waals surface area (Å²) in [6.07, 6.45) is 0.662. The van der Waals surface area contributed by atoms with Crippen LogP contribution in [0.15, 0.2) is 0 Å². The smallest absolute Gasteiger partial charge is 0.320 e. The fraction of sp³-hybridized carbons (Fsp3) is 0.917. The van der Waals surface area contributed by atoms with E-state index in [2.05, 4.69) is 36.0 Å². The summed E-state index contributed by atoms with van der Waals surface area (Å²) in [5, 5.41) is 11.8. The number of aliphatic carboxylic acids is 1. The topological polar surface area (TPSA) is 55.8 Å². The van der Waals surface area contributed by atoms with E-state index in [4.69, 9.17) is 5.11 Å². The molecule has 0 spiro atoms. The number of hydrogen-bond acceptors (Lipinski definition) is 4. The minimum Gasteiger partial charge on any atom is -0.480 e. The first-order chi connectivity index (χ1) is 7.95. The zero-order valence-corrected chi connectivity index (χ0v) is 11.3. The second-order valence-corrected chi connectivity index (χ2v) is 5.09. The molecule has 1 aliphatic heterocycles. The van der Waals surface area contributed by atoms with Crippen molar-refractivity contribution < 1.29 is 9.90 Å². The Labute approximate surface area is 104 Å². The van der Waals surface area contributed by atoms with Gasteiger partial charge in [-0.25, -0.2) is 0 Å². The van der Waals surface area contributed by atoms with E-state index in [9.17, 15) is 4.79 Å². The van der Waals surface area contributed by atoms with Gasteiger partial charge in [-0.3, -0.25) is 9.69 Å². The molecule has 0 aromatic carbocycles. The van der Waals surface area contributed by atoms with Crippen LogP contribution in [0, 0.1) is 0 Å². The van der Waals surface area contributed by atoms with Gasteiger partial charge in [0.2, 0.25) is 0 Å². The standard InChI is InChI=1S/C12H25N3O2/c1-9-7-15(8-10(2)14(9)4)6-5-11(13-3)12(16)17/h9-11,13H,5-8H2,1-4H3,(H,16,17). The summed E-state index contributed by atoms with van der Waals surface area (Å²) in [4.78, 5) is 15.6. The Balaban J connectivity index is 2.40. The van der Waals surface area contributed by atoms with Gasteiger partial charge in [0, 0.05) is 31.7 Å². The van der Waals surface area contributed by atoms with Gasteiger partial charge >= 0.3 is 5.97 Å². The minimum absolute atomic E-state index is 0.430. The molecule has 17 heavy (non-hydrogen) atoms. The molecular weight excluding hydrogens is 218 g/mol. The first-order valence-electron chi connectivity index (χ1n) is 6.30. The first-order valence-corrected chi connectivity index (χ1v) is 6.30. The third-order valence-corrected chi connectivity index (χ3v) is 3.82. The van der Waals surface area contributed by atoms with Crippen LogP contribution in [0.1, 0.15) is 20.3 Å². The van der Waals surface area contributed by atoms with Gasteiger partial charge in [-0.05, 0) is 34.4 Å². The molecule has 0 bridgehead atoms. The van der Waals surface area contributed by atoms with Crippen LogP contribution < -0.4 is 5.32 Å². The lowest BCUT2D eigenvalue weighted by Crippen LogP contribution is -2.55. The highest BCUT2D eigenvalue weighted by atomic mass is 16.4. The maximum Gasteiger partial charge on any atom is 0.320 e. The third kappa shape index (κ3) is 3.94. The summed E-state index contributed by atoms with van der Waals surface area (Å²) in [6, 6.07) is 0.647. The van der Waals surface area contributed by atoms with Crippen LogP contribution in [0.4, 0.5) is 0 Å². The highest BCUT2D eigenvalue weighted by Gasteiger charge is 2.27. The van der Waals surface area contributed by atoms with E-state index >= 15 is 0 Å². The molecule has 1 saturated heterocycles. The largest absolute Gasteiger partial charge is 0.480 e. The van der Waals surface area contributed by atoms with E-state index in [1.807, 2.05) is 0 Å². The molecule has 0 aliphatic carbocycles. The Morgan fingerprint density at radius 1 is 1.41 bits per heavy atom. The lowest BCUT2D eigenvalue weighted by molar-refractivity contribution is -0.139. The van der Waals surface area contributed by atoms with E-state index in [0.29, 0.717) is 18.5 Å². The number of piperazine rings is 1. The van der Waals surface area contributed by atoms with Crippen molar-refractivity contribution in [1.29, 1.82) is 0 Å². The molecule has 0 radical (unpaired) electrons. The van der Waals surface area contributed by atoms with E-state index in [1.54, 1.807) is 7.05 Å².